The number of hydrogen-bond donors (Lipinski definition) is 1. The van der Waals surface area contributed by atoms with E-state index in [-0.39, 0.29) is 10.8 Å². The van der Waals surface area contributed by atoms with Crippen molar-refractivity contribution in [3.05, 3.63) is 108 Å². The smallest absolute Gasteiger partial charge is 0.133 e. The van der Waals surface area contributed by atoms with Crippen molar-refractivity contribution >= 4 is 32.9 Å². The highest BCUT2D eigenvalue weighted by molar-refractivity contribution is 5.95. The van der Waals surface area contributed by atoms with Crippen LogP contribution in [0.25, 0.3) is 21.5 Å². The first-order valence-electron chi connectivity index (χ1n) is 15.0. The van der Waals surface area contributed by atoms with Gasteiger partial charge in [0.25, 0.3) is 0 Å². The van der Waals surface area contributed by atoms with Crippen molar-refractivity contribution in [2.45, 2.75) is 69.6 Å². The predicted molar refractivity (Wildman–Crippen MR) is 168 cm³/mol. The molecular formula is C37H43N2+. The van der Waals surface area contributed by atoms with E-state index >= 15 is 0 Å². The van der Waals surface area contributed by atoms with E-state index in [1.165, 1.54) is 82.7 Å². The molecule has 39 heavy (non-hydrogen) atoms. The molecule has 1 aliphatic heterocycles. The molecule has 4 aromatic carbocycles. The number of nitrogens with zero attached hydrogens (tertiary/aromatic N) is 1. The largest absolute Gasteiger partial charge is 0.347 e. The van der Waals surface area contributed by atoms with Crippen molar-refractivity contribution in [3.63, 3.8) is 0 Å². The lowest BCUT2D eigenvalue weighted by Gasteiger charge is -2.31. The summed E-state index contributed by atoms with van der Waals surface area (Å²) in [4.78, 5) is 2.48. The Hall–Kier alpha value is -3.36. The molecule has 1 heterocycles. The van der Waals surface area contributed by atoms with E-state index in [0.717, 1.165) is 6.42 Å². The standard InChI is InChI=1S/C37H42N2/c1-5-23-36(2,34-29-16-8-6-14-27(29)19-21-31(34)38-3)24-11-10-18-33-37(25-12-13-26-37)35-30-17-9-7-15-28(30)20-22-32(35)39(33)4/h6-11,14-22,38H,5,12-13,23-26H2,1-4H3/p+1/b11-10+,33-18+. The van der Waals surface area contributed by atoms with Crippen molar-refractivity contribution in [2.75, 3.05) is 19.0 Å². The fourth-order valence-corrected chi connectivity index (χ4v) is 7.95. The molecule has 0 aromatic heterocycles. The number of anilines is 1. The third-order valence-corrected chi connectivity index (χ3v) is 9.69. The molecule has 4 aromatic rings. The minimum atomic E-state index is 0.0816. The van der Waals surface area contributed by atoms with Gasteiger partial charge in [0.05, 0.1) is 7.05 Å². The molecule has 0 radical (unpaired) electrons. The number of fused-ring (bicyclic) bond motifs is 5. The van der Waals surface area contributed by atoms with Gasteiger partial charge in [0, 0.05) is 34.8 Å². The van der Waals surface area contributed by atoms with Gasteiger partial charge in [-0.25, -0.2) is 0 Å². The van der Waals surface area contributed by atoms with E-state index in [2.05, 4.69) is 129 Å². The van der Waals surface area contributed by atoms with Crippen molar-refractivity contribution in [3.8, 4) is 0 Å². The average molecular weight is 516 g/mol. The lowest BCUT2D eigenvalue weighted by atomic mass is 9.73. The maximum atomic E-state index is 2.48. The molecule has 1 aliphatic carbocycles. The minimum Gasteiger partial charge on any atom is -0.347 e. The molecule has 0 amide bonds. The number of benzene rings is 4. The predicted octanol–water partition coefficient (Wildman–Crippen LogP) is 8.67. The van der Waals surface area contributed by atoms with E-state index < -0.39 is 0 Å². The summed E-state index contributed by atoms with van der Waals surface area (Å²) in [6.45, 7) is 4.80. The lowest BCUT2D eigenvalue weighted by molar-refractivity contribution is -0.540. The van der Waals surface area contributed by atoms with Gasteiger partial charge in [-0.3, -0.25) is 0 Å². The molecule has 6 rings (SSSR count). The average Bonchev–Trinajstić information content (AvgIpc) is 3.54. The topological polar surface area (TPSA) is 19.9 Å². The van der Waals surface area contributed by atoms with Gasteiger partial charge in [0.1, 0.15) is 5.69 Å². The molecule has 1 spiro atoms. The number of hydrogen-bond acceptors (Lipinski definition) is 1. The maximum absolute atomic E-state index is 2.48. The van der Waals surface area contributed by atoms with Gasteiger partial charge in [-0.15, -0.1) is 0 Å². The molecule has 0 bridgehead atoms. The second-order valence-electron chi connectivity index (χ2n) is 12.1. The highest BCUT2D eigenvalue weighted by Crippen LogP contribution is 2.58. The zero-order chi connectivity index (χ0) is 27.0. The van der Waals surface area contributed by atoms with Gasteiger partial charge in [0.2, 0.25) is 0 Å². The number of quaternary nitrogens is 1. The van der Waals surface area contributed by atoms with Crippen molar-refractivity contribution in [1.29, 1.82) is 0 Å². The van der Waals surface area contributed by atoms with Crippen LogP contribution in [0.4, 0.5) is 11.4 Å². The van der Waals surface area contributed by atoms with Crippen LogP contribution in [0.5, 0.6) is 0 Å². The Labute approximate surface area is 234 Å². The monoisotopic (exact) mass is 515 g/mol. The summed E-state index contributed by atoms with van der Waals surface area (Å²) in [7, 11) is 4.46. The summed E-state index contributed by atoms with van der Waals surface area (Å²) in [6.07, 6.45) is 15.8. The van der Waals surface area contributed by atoms with Crippen LogP contribution in [0.15, 0.2) is 96.7 Å². The second kappa shape index (κ2) is 10.3. The Kier molecular flexibility index (Phi) is 6.85. The SMILES string of the molecule is CCCC(C)(C/C=C/C=C1/N(C)c2ccc3ccccc3c2C12CCCC2)c1c([NH2+]C)ccc2ccccc12. The van der Waals surface area contributed by atoms with Crippen LogP contribution in [0.2, 0.25) is 0 Å². The van der Waals surface area contributed by atoms with Gasteiger partial charge < -0.3 is 10.2 Å². The van der Waals surface area contributed by atoms with Crippen molar-refractivity contribution < 1.29 is 5.32 Å². The number of likely N-dealkylation sites (N-methyl/N-ethyl adjacent to an activating group) is 1. The molecule has 1 unspecified atom stereocenters. The molecule has 2 heteroatoms. The van der Waals surface area contributed by atoms with E-state index in [0.29, 0.717) is 0 Å². The molecule has 1 atom stereocenters. The molecule has 2 aliphatic rings. The van der Waals surface area contributed by atoms with Gasteiger partial charge >= 0.3 is 0 Å². The van der Waals surface area contributed by atoms with Crippen molar-refractivity contribution in [2.24, 2.45) is 0 Å². The summed E-state index contributed by atoms with van der Waals surface area (Å²) in [5, 5.41) is 7.83. The van der Waals surface area contributed by atoms with Crippen LogP contribution in [0.3, 0.4) is 0 Å². The van der Waals surface area contributed by atoms with E-state index in [4.69, 9.17) is 0 Å². The highest BCUT2D eigenvalue weighted by atomic mass is 15.2. The highest BCUT2D eigenvalue weighted by Gasteiger charge is 2.48. The first kappa shape index (κ1) is 25.9. The Morgan fingerprint density at radius 3 is 2.28 bits per heavy atom. The van der Waals surface area contributed by atoms with Crippen LogP contribution in [0, 0.1) is 0 Å². The first-order chi connectivity index (χ1) is 19.0. The zero-order valence-corrected chi connectivity index (χ0v) is 24.1. The molecule has 1 saturated carbocycles. The van der Waals surface area contributed by atoms with Gasteiger partial charge in [0.15, 0.2) is 0 Å². The number of allylic oxidation sites excluding steroid dienone is 4. The molecule has 1 fully saturated rings. The third-order valence-electron chi connectivity index (χ3n) is 9.69. The fourth-order valence-electron chi connectivity index (χ4n) is 7.95. The van der Waals surface area contributed by atoms with E-state index in [1.54, 1.807) is 5.56 Å². The van der Waals surface area contributed by atoms with Gasteiger partial charge in [-0.1, -0.05) is 99.9 Å². The maximum Gasteiger partial charge on any atom is 0.133 e. The third kappa shape index (κ3) is 4.21. The Bertz CT molecular complexity index is 1570. The zero-order valence-electron chi connectivity index (χ0n) is 24.1. The number of rotatable bonds is 7. The molecule has 0 saturated heterocycles. The number of nitrogens with two attached hydrogens (primary N) is 1. The molecule has 2 N–H and O–H groups in total. The fraction of sp³-hybridized carbons (Fsp3) is 0.351. The summed E-state index contributed by atoms with van der Waals surface area (Å²) < 4.78 is 0. The minimum absolute atomic E-state index is 0.0816. The van der Waals surface area contributed by atoms with Gasteiger partial charge in [-0.05, 0) is 77.1 Å². The van der Waals surface area contributed by atoms with Gasteiger partial charge in [-0.2, -0.15) is 0 Å². The van der Waals surface area contributed by atoms with Crippen LogP contribution in [0.1, 0.15) is 69.9 Å². The molecule has 200 valence electrons. The summed E-state index contributed by atoms with van der Waals surface area (Å²) in [6, 6.07) is 27.1. The van der Waals surface area contributed by atoms with Crippen LogP contribution in [-0.2, 0) is 10.8 Å². The Morgan fingerprint density at radius 1 is 0.897 bits per heavy atom. The molecule has 2 nitrogen and oxygen atoms in total. The Morgan fingerprint density at radius 2 is 1.56 bits per heavy atom. The second-order valence-corrected chi connectivity index (χ2v) is 12.1. The summed E-state index contributed by atoms with van der Waals surface area (Å²) in [5.74, 6) is 0. The van der Waals surface area contributed by atoms with Crippen LogP contribution in [-0.4, -0.2) is 14.1 Å². The summed E-state index contributed by atoms with van der Waals surface area (Å²) in [5.41, 5.74) is 7.54. The van der Waals surface area contributed by atoms with E-state index in [1.807, 2.05) is 0 Å². The summed E-state index contributed by atoms with van der Waals surface area (Å²) >= 11 is 0. The Balaban J connectivity index is 1.38. The van der Waals surface area contributed by atoms with E-state index in [9.17, 15) is 0 Å². The quantitative estimate of drug-likeness (QED) is 0.244. The van der Waals surface area contributed by atoms with Crippen LogP contribution >= 0.6 is 0 Å². The van der Waals surface area contributed by atoms with Crippen molar-refractivity contribution in [1.82, 2.24) is 0 Å². The molecular weight excluding hydrogens is 472 g/mol. The lowest BCUT2D eigenvalue weighted by Crippen LogP contribution is -2.73. The normalized spacial score (nSPS) is 19.1. The van der Waals surface area contributed by atoms with Crippen LogP contribution < -0.4 is 10.2 Å². The first-order valence-corrected chi connectivity index (χ1v) is 15.0.